The van der Waals surface area contributed by atoms with E-state index in [0.717, 1.165) is 20.6 Å². The maximum atomic E-state index is 5.66. The van der Waals surface area contributed by atoms with Crippen molar-refractivity contribution in [1.82, 2.24) is 4.97 Å². The molecule has 3 heteroatoms. The third-order valence-electron chi connectivity index (χ3n) is 3.05. The van der Waals surface area contributed by atoms with Gasteiger partial charge in [0.15, 0.2) is 0 Å². The molecule has 0 bridgehead atoms. The molecule has 1 aromatic carbocycles. The van der Waals surface area contributed by atoms with Crippen molar-refractivity contribution in [3.63, 3.8) is 0 Å². The highest BCUT2D eigenvalue weighted by Crippen LogP contribution is 2.25. The molecule has 80 valence electrons. The van der Waals surface area contributed by atoms with Crippen LogP contribution in [0.1, 0.15) is 19.4 Å². The van der Waals surface area contributed by atoms with Gasteiger partial charge in [0, 0.05) is 6.54 Å². The van der Waals surface area contributed by atoms with Crippen LogP contribution in [0.4, 0.5) is 0 Å². The smallest absolute Gasteiger partial charge is 0.245 e. The molecule has 1 atom stereocenters. The van der Waals surface area contributed by atoms with Crippen molar-refractivity contribution in [2.45, 2.75) is 26.2 Å². The van der Waals surface area contributed by atoms with Gasteiger partial charge in [0.2, 0.25) is 7.41 Å². The Labute approximate surface area is 92.5 Å². The molecule has 0 N–H and O–H groups in total. The summed E-state index contributed by atoms with van der Waals surface area (Å²) in [5.74, 6) is 1.40. The minimum absolute atomic E-state index is 0.689. The van der Waals surface area contributed by atoms with Gasteiger partial charge < -0.3 is 4.84 Å². The van der Waals surface area contributed by atoms with Gasteiger partial charge in [-0.3, -0.25) is 0 Å². The van der Waals surface area contributed by atoms with E-state index >= 15 is 0 Å². The summed E-state index contributed by atoms with van der Waals surface area (Å²) >= 11 is 0. The van der Waals surface area contributed by atoms with Crippen LogP contribution >= 0.6 is 0 Å². The largest absolute Gasteiger partial charge is 0.311 e. The van der Waals surface area contributed by atoms with Gasteiger partial charge in [0.1, 0.15) is 0 Å². The molecule has 0 radical (unpaired) electrons. The van der Waals surface area contributed by atoms with Gasteiger partial charge in [-0.1, -0.05) is 44.2 Å². The summed E-state index contributed by atoms with van der Waals surface area (Å²) in [5.41, 5.74) is 1.32. The minimum Gasteiger partial charge on any atom is -0.311 e. The monoisotopic (exact) mass is 203 g/mol. The lowest BCUT2D eigenvalue weighted by molar-refractivity contribution is -0.0712. The van der Waals surface area contributed by atoms with Crippen molar-refractivity contribution in [2.75, 3.05) is 6.61 Å². The van der Waals surface area contributed by atoms with Gasteiger partial charge in [-0.2, -0.15) is 0 Å². The summed E-state index contributed by atoms with van der Waals surface area (Å²) in [6.07, 6.45) is 0. The Morgan fingerprint density at radius 2 is 2.13 bits per heavy atom. The molecule has 0 amide bonds. The van der Waals surface area contributed by atoms with E-state index in [2.05, 4.69) is 43.1 Å². The van der Waals surface area contributed by atoms with Crippen LogP contribution in [0.2, 0.25) is 5.82 Å². The average molecular weight is 203 g/mol. The summed E-state index contributed by atoms with van der Waals surface area (Å²) < 4.78 is 0. The van der Waals surface area contributed by atoms with Gasteiger partial charge in [0.05, 0.1) is 6.61 Å². The number of benzene rings is 1. The Kier molecular flexibility index (Phi) is 3.44. The molecular formula is C12H18BNO. The average Bonchev–Trinajstić information content (AvgIpc) is 2.68. The van der Waals surface area contributed by atoms with E-state index in [1.807, 2.05) is 6.07 Å². The third kappa shape index (κ3) is 2.83. The molecule has 0 aliphatic carbocycles. The SMILES string of the molecule is CC(C)C1BN(Cc2ccccc2)OC1. The van der Waals surface area contributed by atoms with Crippen molar-refractivity contribution < 1.29 is 4.84 Å². The normalized spacial score (nSPS) is 21.9. The lowest BCUT2D eigenvalue weighted by Gasteiger charge is -2.14. The Bertz CT molecular complexity index is 302. The lowest BCUT2D eigenvalue weighted by Crippen LogP contribution is -2.22. The molecule has 15 heavy (non-hydrogen) atoms. The molecule has 0 aromatic heterocycles. The van der Waals surface area contributed by atoms with Gasteiger partial charge in [0.25, 0.3) is 0 Å². The summed E-state index contributed by atoms with van der Waals surface area (Å²) in [5, 5.41) is 0. The van der Waals surface area contributed by atoms with Crippen LogP contribution in [0.15, 0.2) is 30.3 Å². The first kappa shape index (κ1) is 10.7. The molecule has 1 saturated heterocycles. The predicted octanol–water partition coefficient (Wildman–Crippen LogP) is 2.23. The standard InChI is InChI=1S/C12H18BNO/c1-10(2)12-9-15-14(13-12)8-11-6-4-3-5-7-11/h3-7,10,12-13H,8-9H2,1-2H3. The van der Waals surface area contributed by atoms with Gasteiger partial charge in [-0.15, -0.1) is 0 Å². The van der Waals surface area contributed by atoms with Crippen molar-refractivity contribution in [3.05, 3.63) is 35.9 Å². The number of hydrogen-bond donors (Lipinski definition) is 0. The number of nitrogens with zero attached hydrogens (tertiary/aromatic N) is 1. The molecule has 1 aliphatic rings. The van der Waals surface area contributed by atoms with Crippen molar-refractivity contribution >= 4 is 7.41 Å². The van der Waals surface area contributed by atoms with Crippen molar-refractivity contribution in [2.24, 2.45) is 5.92 Å². The summed E-state index contributed by atoms with van der Waals surface area (Å²) in [7, 11) is 1.06. The van der Waals surface area contributed by atoms with Crippen LogP contribution in [-0.4, -0.2) is 19.0 Å². The van der Waals surface area contributed by atoms with E-state index < -0.39 is 0 Å². The Balaban J connectivity index is 1.88. The van der Waals surface area contributed by atoms with E-state index in [4.69, 9.17) is 4.84 Å². The van der Waals surface area contributed by atoms with Gasteiger partial charge in [-0.25, -0.2) is 4.97 Å². The topological polar surface area (TPSA) is 12.5 Å². The van der Waals surface area contributed by atoms with E-state index in [9.17, 15) is 0 Å². The molecule has 1 unspecified atom stereocenters. The molecule has 1 aromatic rings. The molecule has 1 heterocycles. The number of hydroxylamine groups is 1. The fourth-order valence-corrected chi connectivity index (χ4v) is 1.87. The fourth-order valence-electron chi connectivity index (χ4n) is 1.87. The van der Waals surface area contributed by atoms with E-state index in [1.165, 1.54) is 5.56 Å². The van der Waals surface area contributed by atoms with Crippen LogP contribution < -0.4 is 0 Å². The molecule has 1 fully saturated rings. The maximum Gasteiger partial charge on any atom is 0.245 e. The lowest BCUT2D eigenvalue weighted by atomic mass is 9.70. The number of hydrogen-bond acceptors (Lipinski definition) is 2. The first-order valence-corrected chi connectivity index (χ1v) is 5.67. The van der Waals surface area contributed by atoms with E-state index in [1.54, 1.807) is 0 Å². The van der Waals surface area contributed by atoms with Crippen LogP contribution in [0.3, 0.4) is 0 Å². The molecule has 0 saturated carbocycles. The Morgan fingerprint density at radius 3 is 2.73 bits per heavy atom. The highest BCUT2D eigenvalue weighted by molar-refractivity contribution is 6.34. The van der Waals surface area contributed by atoms with Crippen LogP contribution in [-0.2, 0) is 11.4 Å². The fraction of sp³-hybridized carbons (Fsp3) is 0.500. The summed E-state index contributed by atoms with van der Waals surface area (Å²) in [6.45, 7) is 6.31. The molecular weight excluding hydrogens is 185 g/mol. The van der Waals surface area contributed by atoms with Crippen molar-refractivity contribution in [1.29, 1.82) is 0 Å². The van der Waals surface area contributed by atoms with Gasteiger partial charge >= 0.3 is 0 Å². The van der Waals surface area contributed by atoms with Gasteiger partial charge in [-0.05, 0) is 17.3 Å². The third-order valence-corrected chi connectivity index (χ3v) is 3.05. The zero-order chi connectivity index (χ0) is 10.7. The molecule has 2 nitrogen and oxygen atoms in total. The molecule has 2 rings (SSSR count). The van der Waals surface area contributed by atoms with Crippen LogP contribution in [0, 0.1) is 5.92 Å². The van der Waals surface area contributed by atoms with Crippen LogP contribution in [0.25, 0.3) is 0 Å². The predicted molar refractivity (Wildman–Crippen MR) is 63.7 cm³/mol. The second kappa shape index (κ2) is 4.82. The highest BCUT2D eigenvalue weighted by Gasteiger charge is 2.27. The quantitative estimate of drug-likeness (QED) is 0.698. The first-order valence-electron chi connectivity index (χ1n) is 5.67. The maximum absolute atomic E-state index is 5.66. The van der Waals surface area contributed by atoms with E-state index in [-0.39, 0.29) is 0 Å². The van der Waals surface area contributed by atoms with E-state index in [0.29, 0.717) is 11.7 Å². The second-order valence-corrected chi connectivity index (χ2v) is 4.61. The summed E-state index contributed by atoms with van der Waals surface area (Å²) in [6, 6.07) is 10.5. The Morgan fingerprint density at radius 1 is 1.40 bits per heavy atom. The first-order chi connectivity index (χ1) is 7.25. The highest BCUT2D eigenvalue weighted by atomic mass is 16.7. The Hall–Kier alpha value is -0.795. The van der Waals surface area contributed by atoms with Crippen LogP contribution in [0.5, 0.6) is 0 Å². The molecule has 1 aliphatic heterocycles. The minimum atomic E-state index is 0.689. The second-order valence-electron chi connectivity index (χ2n) is 4.61. The zero-order valence-corrected chi connectivity index (χ0v) is 9.52. The summed E-state index contributed by atoms with van der Waals surface area (Å²) in [4.78, 5) is 7.75. The molecule has 0 spiro atoms. The number of rotatable bonds is 3. The zero-order valence-electron chi connectivity index (χ0n) is 9.52. The van der Waals surface area contributed by atoms with Crippen molar-refractivity contribution in [3.8, 4) is 0 Å².